The Morgan fingerprint density at radius 2 is 1.57 bits per heavy atom. The molecule has 4 saturated carbocycles. The zero-order valence-corrected chi connectivity index (χ0v) is 15.9. The van der Waals surface area contributed by atoms with Crippen molar-refractivity contribution in [2.75, 3.05) is 5.73 Å². The first-order valence-corrected chi connectivity index (χ1v) is 10.5. The number of pyridine rings is 1. The van der Waals surface area contributed by atoms with Crippen LogP contribution in [0.4, 0.5) is 5.69 Å². The minimum Gasteiger partial charge on any atom is -0.398 e. The third kappa shape index (κ3) is 2.36. The molecular weight excluding hydrogens is 346 g/mol. The molecule has 4 aliphatic carbocycles. The van der Waals surface area contributed by atoms with Gasteiger partial charge in [-0.3, -0.25) is 4.79 Å². The maximum atomic E-state index is 13.4. The van der Waals surface area contributed by atoms with Crippen LogP contribution >= 0.6 is 0 Å². The lowest BCUT2D eigenvalue weighted by Crippen LogP contribution is -2.59. The van der Waals surface area contributed by atoms with Crippen LogP contribution in [-0.4, -0.2) is 16.4 Å². The molecule has 1 amide bonds. The predicted molar refractivity (Wildman–Crippen MR) is 112 cm³/mol. The molecule has 2 aromatic carbocycles. The van der Waals surface area contributed by atoms with E-state index in [4.69, 9.17) is 10.7 Å². The molecule has 0 aliphatic heterocycles. The first kappa shape index (κ1) is 16.3. The number of carbonyl (C=O) groups excluding carboxylic acids is 1. The minimum atomic E-state index is -0.00358. The average molecular weight is 371 g/mol. The molecule has 7 rings (SSSR count). The summed E-state index contributed by atoms with van der Waals surface area (Å²) in [4.78, 5) is 18.2. The van der Waals surface area contributed by atoms with E-state index in [2.05, 4.69) is 5.32 Å². The topological polar surface area (TPSA) is 68.0 Å². The Kier molecular flexibility index (Phi) is 3.32. The van der Waals surface area contributed by atoms with Gasteiger partial charge >= 0.3 is 0 Å². The summed E-state index contributed by atoms with van der Waals surface area (Å²) in [5.74, 6) is 2.42. The molecule has 3 N–H and O–H groups in total. The van der Waals surface area contributed by atoms with Crippen LogP contribution in [0.15, 0.2) is 42.5 Å². The lowest BCUT2D eigenvalue weighted by molar-refractivity contribution is -0.0166. The lowest BCUT2D eigenvalue weighted by Gasteiger charge is -2.56. The first-order valence-electron chi connectivity index (χ1n) is 10.5. The van der Waals surface area contributed by atoms with Gasteiger partial charge in [0.05, 0.1) is 22.3 Å². The van der Waals surface area contributed by atoms with E-state index in [0.29, 0.717) is 16.8 Å². The molecule has 28 heavy (non-hydrogen) atoms. The molecule has 4 nitrogen and oxygen atoms in total. The number of anilines is 1. The number of fused-ring (bicyclic) bond motifs is 2. The number of nitrogens with two attached hydrogens (primary N) is 1. The summed E-state index contributed by atoms with van der Waals surface area (Å²) < 4.78 is 0. The number of carbonyl (C=O) groups is 1. The fourth-order valence-corrected chi connectivity index (χ4v) is 6.70. The number of nitrogens with one attached hydrogen (secondary N) is 1. The molecule has 4 bridgehead atoms. The van der Waals surface area contributed by atoms with Gasteiger partial charge in [-0.1, -0.05) is 30.3 Å². The van der Waals surface area contributed by atoms with Crippen LogP contribution in [0, 0.1) is 17.8 Å². The van der Waals surface area contributed by atoms with E-state index in [1.165, 1.54) is 19.3 Å². The van der Waals surface area contributed by atoms with E-state index < -0.39 is 0 Å². The van der Waals surface area contributed by atoms with E-state index in [-0.39, 0.29) is 11.4 Å². The average Bonchev–Trinajstić information content (AvgIpc) is 2.66. The monoisotopic (exact) mass is 371 g/mol. The number of amides is 1. The molecule has 1 heterocycles. The molecule has 0 atom stereocenters. The Hall–Kier alpha value is -2.62. The van der Waals surface area contributed by atoms with Gasteiger partial charge in [0, 0.05) is 16.3 Å². The number of rotatable bonds is 2. The van der Waals surface area contributed by atoms with E-state index >= 15 is 0 Å². The van der Waals surface area contributed by atoms with Gasteiger partial charge in [-0.15, -0.1) is 0 Å². The number of nitrogens with zero attached hydrogens (tertiary/aromatic N) is 1. The van der Waals surface area contributed by atoms with Gasteiger partial charge in [0.15, 0.2) is 0 Å². The number of aromatic nitrogens is 1. The Morgan fingerprint density at radius 3 is 2.29 bits per heavy atom. The summed E-state index contributed by atoms with van der Waals surface area (Å²) in [6.45, 7) is 0. The van der Waals surface area contributed by atoms with Crippen molar-refractivity contribution in [2.45, 2.75) is 44.1 Å². The number of benzene rings is 2. The molecule has 4 aliphatic rings. The minimum absolute atomic E-state index is 0.00358. The summed E-state index contributed by atoms with van der Waals surface area (Å²) in [6, 6.07) is 13.6. The summed E-state index contributed by atoms with van der Waals surface area (Å²) in [5.41, 5.74) is 9.32. The van der Waals surface area contributed by atoms with Crippen molar-refractivity contribution in [3.05, 3.63) is 48.0 Å². The van der Waals surface area contributed by atoms with Crippen molar-refractivity contribution in [2.24, 2.45) is 17.8 Å². The van der Waals surface area contributed by atoms with Gasteiger partial charge in [0.1, 0.15) is 0 Å². The number of hydrogen-bond acceptors (Lipinski definition) is 3. The number of hydrogen-bond donors (Lipinski definition) is 2. The Bertz CT molecular complexity index is 1080. The highest BCUT2D eigenvalue weighted by Crippen LogP contribution is 2.55. The summed E-state index contributed by atoms with van der Waals surface area (Å²) in [5, 5.41) is 5.28. The van der Waals surface area contributed by atoms with Crippen LogP contribution in [0.25, 0.3) is 21.8 Å². The quantitative estimate of drug-likeness (QED) is 0.643. The highest BCUT2D eigenvalue weighted by molar-refractivity contribution is 6.13. The molecule has 1 aromatic heterocycles. The van der Waals surface area contributed by atoms with Crippen molar-refractivity contribution in [3.8, 4) is 0 Å². The zero-order chi connectivity index (χ0) is 18.9. The van der Waals surface area contributed by atoms with Crippen molar-refractivity contribution < 1.29 is 4.79 Å². The molecule has 4 heteroatoms. The maximum Gasteiger partial charge on any atom is 0.253 e. The van der Waals surface area contributed by atoms with Gasteiger partial charge in [0.2, 0.25) is 0 Å². The van der Waals surface area contributed by atoms with Gasteiger partial charge in [-0.2, -0.15) is 0 Å². The number of para-hydroxylation sites is 2. The third-order valence-corrected chi connectivity index (χ3v) is 7.41. The molecule has 0 radical (unpaired) electrons. The van der Waals surface area contributed by atoms with Crippen molar-refractivity contribution >= 4 is 33.4 Å². The second kappa shape index (κ2) is 5.69. The Balaban J connectivity index is 1.42. The molecular formula is C24H25N3O. The largest absolute Gasteiger partial charge is 0.398 e. The fourth-order valence-electron chi connectivity index (χ4n) is 6.70. The Labute approximate surface area is 164 Å². The van der Waals surface area contributed by atoms with Crippen molar-refractivity contribution in [3.63, 3.8) is 0 Å². The van der Waals surface area contributed by atoms with Crippen LogP contribution in [0.5, 0.6) is 0 Å². The molecule has 0 spiro atoms. The zero-order valence-electron chi connectivity index (χ0n) is 15.9. The molecule has 3 aromatic rings. The van der Waals surface area contributed by atoms with Crippen LogP contribution in [0.3, 0.4) is 0 Å². The second-order valence-electron chi connectivity index (χ2n) is 9.40. The van der Waals surface area contributed by atoms with Crippen LogP contribution in [0.2, 0.25) is 0 Å². The smallest absolute Gasteiger partial charge is 0.253 e. The first-order chi connectivity index (χ1) is 13.6. The standard InChI is InChI=1S/C24H25N3O/c25-21-17-4-1-2-7-20(17)26-22-18(21)5-3-6-19(22)23(28)27-24-11-14-8-15(12-24)10-16(9-14)13-24/h1-7,14-16H,8-13H2,(H2,25,26)(H,27,28). The highest BCUT2D eigenvalue weighted by Gasteiger charge is 2.51. The predicted octanol–water partition coefficient (Wildman–Crippen LogP) is 4.67. The summed E-state index contributed by atoms with van der Waals surface area (Å²) >= 11 is 0. The van der Waals surface area contributed by atoms with Crippen LogP contribution in [0.1, 0.15) is 48.9 Å². The molecule has 0 saturated heterocycles. The van der Waals surface area contributed by atoms with E-state index in [9.17, 15) is 4.79 Å². The van der Waals surface area contributed by atoms with Gasteiger partial charge in [-0.05, 0) is 68.4 Å². The SMILES string of the molecule is Nc1c2ccccc2nc2c(C(=O)NC34CC5CC(CC(C5)C3)C4)cccc12. The summed E-state index contributed by atoms with van der Waals surface area (Å²) in [6.07, 6.45) is 7.55. The second-order valence-corrected chi connectivity index (χ2v) is 9.40. The number of nitrogen functional groups attached to an aromatic ring is 1. The van der Waals surface area contributed by atoms with Crippen LogP contribution < -0.4 is 11.1 Å². The lowest BCUT2D eigenvalue weighted by atomic mass is 9.53. The van der Waals surface area contributed by atoms with Gasteiger partial charge < -0.3 is 11.1 Å². The van der Waals surface area contributed by atoms with Gasteiger partial charge in [-0.25, -0.2) is 4.98 Å². The molecule has 142 valence electrons. The van der Waals surface area contributed by atoms with E-state index in [1.54, 1.807) is 0 Å². The molecule has 0 unspecified atom stereocenters. The fraction of sp³-hybridized carbons (Fsp3) is 0.417. The third-order valence-electron chi connectivity index (χ3n) is 7.41. The van der Waals surface area contributed by atoms with E-state index in [1.807, 2.05) is 42.5 Å². The van der Waals surface area contributed by atoms with Gasteiger partial charge in [0.25, 0.3) is 5.91 Å². The van der Waals surface area contributed by atoms with Crippen molar-refractivity contribution in [1.82, 2.24) is 10.3 Å². The van der Waals surface area contributed by atoms with Crippen molar-refractivity contribution in [1.29, 1.82) is 0 Å². The van der Waals surface area contributed by atoms with E-state index in [0.717, 1.165) is 53.3 Å². The highest BCUT2D eigenvalue weighted by atomic mass is 16.1. The summed E-state index contributed by atoms with van der Waals surface area (Å²) in [7, 11) is 0. The van der Waals surface area contributed by atoms with Crippen LogP contribution in [-0.2, 0) is 0 Å². The Morgan fingerprint density at radius 1 is 0.929 bits per heavy atom. The molecule has 4 fully saturated rings. The normalized spacial score (nSPS) is 30.8. The maximum absolute atomic E-state index is 13.4.